The molecule has 98 valence electrons. The number of hydrogen-bond donors (Lipinski definition) is 1. The number of aryl methyl sites for hydroxylation is 1. The van der Waals surface area contributed by atoms with Gasteiger partial charge in [-0.1, -0.05) is 29.8 Å². The molecule has 3 rings (SSSR count). The topological polar surface area (TPSA) is 55.1 Å². The van der Waals surface area contributed by atoms with E-state index in [4.69, 9.17) is 5.11 Å². The van der Waals surface area contributed by atoms with Crippen LogP contribution in [0.2, 0.25) is 0 Å². The molecule has 1 aliphatic carbocycles. The second-order valence-electron chi connectivity index (χ2n) is 5.18. The first-order chi connectivity index (χ1) is 9.13. The zero-order valence-electron chi connectivity index (χ0n) is 10.8. The second-order valence-corrected chi connectivity index (χ2v) is 5.18. The maximum atomic E-state index is 11.0. The minimum atomic E-state index is -0.954. The fraction of sp³-hybridized carbons (Fsp3) is 0.333. The predicted molar refractivity (Wildman–Crippen MR) is 71.4 cm³/mol. The fourth-order valence-electron chi connectivity index (χ4n) is 2.35. The van der Waals surface area contributed by atoms with Gasteiger partial charge in [-0.15, -0.1) is 0 Å². The third kappa shape index (κ3) is 2.52. The quantitative estimate of drug-likeness (QED) is 0.915. The van der Waals surface area contributed by atoms with Crippen molar-refractivity contribution in [2.75, 3.05) is 0 Å². The Morgan fingerprint density at radius 3 is 2.84 bits per heavy atom. The van der Waals surface area contributed by atoms with Crippen molar-refractivity contribution >= 4 is 5.97 Å². The van der Waals surface area contributed by atoms with E-state index in [9.17, 15) is 4.79 Å². The molecule has 2 aromatic rings. The van der Waals surface area contributed by atoms with Crippen LogP contribution in [0.1, 0.15) is 46.1 Å². The number of nitrogens with zero attached hydrogens (tertiary/aromatic N) is 2. The standard InChI is InChI=1S/C15H16N2O2/c1-10-3-2-4-11(7-10)9-17-14(12-5-6-12)8-13(16-17)15(18)19/h2-4,7-8,12H,5-6,9H2,1H3,(H,18,19). The van der Waals surface area contributed by atoms with E-state index in [0.717, 1.165) is 24.1 Å². The smallest absolute Gasteiger partial charge is 0.356 e. The summed E-state index contributed by atoms with van der Waals surface area (Å²) in [7, 11) is 0. The highest BCUT2D eigenvalue weighted by Gasteiger charge is 2.29. The Hall–Kier alpha value is -2.10. The van der Waals surface area contributed by atoms with Gasteiger partial charge in [0.15, 0.2) is 5.69 Å². The maximum absolute atomic E-state index is 11.0. The third-order valence-electron chi connectivity index (χ3n) is 3.44. The van der Waals surface area contributed by atoms with Crippen LogP contribution >= 0.6 is 0 Å². The minimum absolute atomic E-state index is 0.148. The van der Waals surface area contributed by atoms with Crippen LogP contribution in [0.3, 0.4) is 0 Å². The van der Waals surface area contributed by atoms with Crippen LogP contribution in [0.25, 0.3) is 0 Å². The number of benzene rings is 1. The van der Waals surface area contributed by atoms with E-state index in [1.54, 1.807) is 6.07 Å². The molecule has 4 nitrogen and oxygen atoms in total. The van der Waals surface area contributed by atoms with Gasteiger partial charge < -0.3 is 5.11 Å². The predicted octanol–water partition coefficient (Wildman–Crippen LogP) is 2.82. The van der Waals surface area contributed by atoms with Crippen LogP contribution in [0.15, 0.2) is 30.3 Å². The van der Waals surface area contributed by atoms with E-state index >= 15 is 0 Å². The normalized spacial score (nSPS) is 14.6. The molecule has 0 aliphatic heterocycles. The second kappa shape index (κ2) is 4.53. The number of hydrogen-bond acceptors (Lipinski definition) is 2. The number of carbonyl (C=O) groups is 1. The molecule has 0 radical (unpaired) electrons. The SMILES string of the molecule is Cc1cccc(Cn2nc(C(=O)O)cc2C2CC2)c1. The summed E-state index contributed by atoms with van der Waals surface area (Å²) in [5, 5.41) is 13.3. The Bertz CT molecular complexity index is 627. The molecule has 1 saturated carbocycles. The Labute approximate surface area is 111 Å². The van der Waals surface area contributed by atoms with Crippen molar-refractivity contribution in [2.24, 2.45) is 0 Å². The summed E-state index contributed by atoms with van der Waals surface area (Å²) in [6.45, 7) is 2.69. The summed E-state index contributed by atoms with van der Waals surface area (Å²) in [4.78, 5) is 11.0. The molecule has 1 aromatic heterocycles. The molecule has 0 bridgehead atoms. The van der Waals surface area contributed by atoms with Crippen LogP contribution < -0.4 is 0 Å². The van der Waals surface area contributed by atoms with Crippen molar-refractivity contribution in [3.63, 3.8) is 0 Å². The summed E-state index contributed by atoms with van der Waals surface area (Å²) >= 11 is 0. The summed E-state index contributed by atoms with van der Waals surface area (Å²) < 4.78 is 1.84. The van der Waals surface area contributed by atoms with Gasteiger partial charge in [-0.2, -0.15) is 5.10 Å². The molecule has 0 unspecified atom stereocenters. The Morgan fingerprint density at radius 1 is 1.42 bits per heavy atom. The highest BCUT2D eigenvalue weighted by Crippen LogP contribution is 2.40. The molecule has 1 aliphatic rings. The van der Waals surface area contributed by atoms with Crippen molar-refractivity contribution in [1.82, 2.24) is 9.78 Å². The lowest BCUT2D eigenvalue weighted by atomic mass is 10.1. The molecule has 0 atom stereocenters. The number of carboxylic acid groups (broad SMARTS) is 1. The Kier molecular flexibility index (Phi) is 2.85. The lowest BCUT2D eigenvalue weighted by molar-refractivity contribution is 0.0689. The molecular formula is C15H16N2O2. The Morgan fingerprint density at radius 2 is 2.21 bits per heavy atom. The largest absolute Gasteiger partial charge is 0.476 e. The van der Waals surface area contributed by atoms with E-state index in [-0.39, 0.29) is 5.69 Å². The fourth-order valence-corrected chi connectivity index (χ4v) is 2.35. The van der Waals surface area contributed by atoms with Crippen molar-refractivity contribution in [3.05, 3.63) is 52.8 Å². The molecule has 4 heteroatoms. The van der Waals surface area contributed by atoms with Gasteiger partial charge >= 0.3 is 5.97 Å². The van der Waals surface area contributed by atoms with Crippen LogP contribution in [-0.2, 0) is 6.54 Å². The molecule has 19 heavy (non-hydrogen) atoms. The van der Waals surface area contributed by atoms with Crippen LogP contribution in [0, 0.1) is 6.92 Å². The minimum Gasteiger partial charge on any atom is -0.476 e. The summed E-state index contributed by atoms with van der Waals surface area (Å²) in [6.07, 6.45) is 2.27. The number of rotatable bonds is 4. The molecular weight excluding hydrogens is 240 g/mol. The summed E-state index contributed by atoms with van der Waals surface area (Å²) in [6, 6.07) is 9.94. The summed E-state index contributed by atoms with van der Waals surface area (Å²) in [5.74, 6) is -0.463. The van der Waals surface area contributed by atoms with Gasteiger partial charge in [0.1, 0.15) is 0 Å². The highest BCUT2D eigenvalue weighted by atomic mass is 16.4. The van der Waals surface area contributed by atoms with Crippen LogP contribution in [0.4, 0.5) is 0 Å². The first-order valence-corrected chi connectivity index (χ1v) is 6.50. The maximum Gasteiger partial charge on any atom is 0.356 e. The zero-order chi connectivity index (χ0) is 13.4. The monoisotopic (exact) mass is 256 g/mol. The van der Waals surface area contributed by atoms with E-state index in [1.165, 1.54) is 5.56 Å². The average Bonchev–Trinajstić information content (AvgIpc) is 3.11. The highest BCUT2D eigenvalue weighted by molar-refractivity contribution is 5.85. The molecule has 1 N–H and O–H groups in total. The molecule has 1 fully saturated rings. The van der Waals surface area contributed by atoms with Crippen LogP contribution in [0.5, 0.6) is 0 Å². The number of aromatic nitrogens is 2. The van der Waals surface area contributed by atoms with Crippen molar-refractivity contribution in [2.45, 2.75) is 32.2 Å². The molecule has 0 spiro atoms. The van der Waals surface area contributed by atoms with E-state index in [2.05, 4.69) is 24.2 Å². The number of aromatic carboxylic acids is 1. The lowest BCUT2D eigenvalue weighted by Gasteiger charge is -2.07. The van der Waals surface area contributed by atoms with Crippen LogP contribution in [-0.4, -0.2) is 20.9 Å². The van der Waals surface area contributed by atoms with Gasteiger partial charge in [0.05, 0.1) is 6.54 Å². The van der Waals surface area contributed by atoms with Crippen molar-refractivity contribution in [3.8, 4) is 0 Å². The zero-order valence-corrected chi connectivity index (χ0v) is 10.8. The van der Waals surface area contributed by atoms with Gasteiger partial charge in [0, 0.05) is 11.6 Å². The van der Waals surface area contributed by atoms with E-state index in [0.29, 0.717) is 12.5 Å². The molecule has 0 amide bonds. The lowest BCUT2D eigenvalue weighted by Crippen LogP contribution is -2.07. The van der Waals surface area contributed by atoms with Gasteiger partial charge in [-0.25, -0.2) is 4.79 Å². The van der Waals surface area contributed by atoms with Gasteiger partial charge in [0.25, 0.3) is 0 Å². The van der Waals surface area contributed by atoms with E-state index < -0.39 is 5.97 Å². The Balaban J connectivity index is 1.93. The average molecular weight is 256 g/mol. The molecule has 1 aromatic carbocycles. The first-order valence-electron chi connectivity index (χ1n) is 6.50. The third-order valence-corrected chi connectivity index (χ3v) is 3.44. The van der Waals surface area contributed by atoms with Gasteiger partial charge in [-0.05, 0) is 31.4 Å². The first kappa shape index (κ1) is 12.0. The van der Waals surface area contributed by atoms with Gasteiger partial charge in [0.2, 0.25) is 0 Å². The van der Waals surface area contributed by atoms with Crippen molar-refractivity contribution < 1.29 is 9.90 Å². The summed E-state index contributed by atoms with van der Waals surface area (Å²) in [5.41, 5.74) is 3.56. The van der Waals surface area contributed by atoms with E-state index in [1.807, 2.05) is 16.8 Å². The van der Waals surface area contributed by atoms with Gasteiger partial charge in [-0.3, -0.25) is 4.68 Å². The number of carboxylic acids is 1. The van der Waals surface area contributed by atoms with Crippen molar-refractivity contribution in [1.29, 1.82) is 0 Å². The molecule has 0 saturated heterocycles. The molecule has 1 heterocycles.